The summed E-state index contributed by atoms with van der Waals surface area (Å²) in [5.74, 6) is 1.21. The molecule has 1 N–H and O–H groups in total. The number of nitrogens with one attached hydrogen (secondary N) is 1. The van der Waals surface area contributed by atoms with E-state index in [-0.39, 0.29) is 11.8 Å². The molecule has 1 aromatic carbocycles. The van der Waals surface area contributed by atoms with Gasteiger partial charge in [-0.15, -0.1) is 0 Å². The van der Waals surface area contributed by atoms with Crippen molar-refractivity contribution in [3.05, 3.63) is 29.8 Å². The summed E-state index contributed by atoms with van der Waals surface area (Å²) in [5, 5.41) is 3.01. The van der Waals surface area contributed by atoms with E-state index >= 15 is 0 Å². The minimum Gasteiger partial charge on any atom is -0.497 e. The average molecular weight is 333 g/mol. The number of hydrogen-bond donors (Lipinski definition) is 1. The maximum atomic E-state index is 12.2. The van der Waals surface area contributed by atoms with E-state index in [1.165, 1.54) is 0 Å². The number of hydrogen-bond acceptors (Lipinski definition) is 4. The number of rotatable bonds is 6. The van der Waals surface area contributed by atoms with Crippen molar-refractivity contribution in [3.8, 4) is 5.75 Å². The lowest BCUT2D eigenvalue weighted by Gasteiger charge is -2.32. The standard InChI is InChI=1S/C18H27N3O3/c1-20(2)17(22)13-21-9-7-14(8-10-21)12-19-18(23)15-5-4-6-16(11-15)24-3/h4-6,11,14H,7-10,12-13H2,1-3H3,(H,19,23). The number of nitrogens with zero attached hydrogens (tertiary/aromatic N) is 2. The lowest BCUT2D eigenvalue weighted by Crippen LogP contribution is -2.43. The lowest BCUT2D eigenvalue weighted by atomic mass is 9.96. The van der Waals surface area contributed by atoms with Gasteiger partial charge < -0.3 is 15.0 Å². The average Bonchev–Trinajstić information content (AvgIpc) is 2.60. The first kappa shape index (κ1) is 18.3. The number of likely N-dealkylation sites (N-methyl/N-ethyl adjacent to an activating group) is 1. The topological polar surface area (TPSA) is 61.9 Å². The van der Waals surface area contributed by atoms with Crippen molar-refractivity contribution >= 4 is 11.8 Å². The molecule has 0 spiro atoms. The van der Waals surface area contributed by atoms with E-state index in [9.17, 15) is 9.59 Å². The normalized spacial score (nSPS) is 15.8. The molecule has 1 fully saturated rings. The Labute approximate surface area is 143 Å². The first-order chi connectivity index (χ1) is 11.5. The van der Waals surface area contributed by atoms with Crippen molar-refractivity contribution in [3.63, 3.8) is 0 Å². The van der Waals surface area contributed by atoms with Crippen LogP contribution in [0.25, 0.3) is 0 Å². The molecule has 6 heteroatoms. The van der Waals surface area contributed by atoms with Crippen LogP contribution in [-0.2, 0) is 4.79 Å². The van der Waals surface area contributed by atoms with Crippen LogP contribution in [0.4, 0.5) is 0 Å². The van der Waals surface area contributed by atoms with Crippen LogP contribution in [0.1, 0.15) is 23.2 Å². The molecule has 0 aromatic heterocycles. The van der Waals surface area contributed by atoms with Crippen LogP contribution in [0.3, 0.4) is 0 Å². The Balaban J connectivity index is 1.74. The zero-order valence-electron chi connectivity index (χ0n) is 14.7. The van der Waals surface area contributed by atoms with Gasteiger partial charge in [-0.25, -0.2) is 0 Å². The Morgan fingerprint density at radius 1 is 1.29 bits per heavy atom. The summed E-state index contributed by atoms with van der Waals surface area (Å²) in [6.45, 7) is 2.96. The maximum absolute atomic E-state index is 12.2. The quantitative estimate of drug-likeness (QED) is 0.850. The van der Waals surface area contributed by atoms with Gasteiger partial charge in [0, 0.05) is 26.2 Å². The van der Waals surface area contributed by atoms with E-state index in [0.717, 1.165) is 25.9 Å². The highest BCUT2D eigenvalue weighted by molar-refractivity contribution is 5.94. The van der Waals surface area contributed by atoms with Gasteiger partial charge in [-0.2, -0.15) is 0 Å². The fourth-order valence-corrected chi connectivity index (χ4v) is 2.78. The zero-order valence-corrected chi connectivity index (χ0v) is 14.7. The predicted octanol–water partition coefficient (Wildman–Crippen LogP) is 1.23. The monoisotopic (exact) mass is 333 g/mol. The molecule has 6 nitrogen and oxygen atoms in total. The van der Waals surface area contributed by atoms with E-state index in [4.69, 9.17) is 4.74 Å². The second-order valence-electron chi connectivity index (χ2n) is 6.45. The number of carbonyl (C=O) groups excluding carboxylic acids is 2. The molecule has 0 bridgehead atoms. The molecule has 0 unspecified atom stereocenters. The minimum absolute atomic E-state index is 0.0703. The Bertz CT molecular complexity index is 566. The number of piperidine rings is 1. The van der Waals surface area contributed by atoms with Crippen LogP contribution >= 0.6 is 0 Å². The molecule has 1 heterocycles. The highest BCUT2D eigenvalue weighted by atomic mass is 16.5. The van der Waals surface area contributed by atoms with Crippen molar-refractivity contribution in [1.82, 2.24) is 15.1 Å². The summed E-state index contributed by atoms with van der Waals surface area (Å²) in [6, 6.07) is 7.16. The number of benzene rings is 1. The Morgan fingerprint density at radius 3 is 2.62 bits per heavy atom. The molecule has 0 atom stereocenters. The molecule has 1 aliphatic rings. The predicted molar refractivity (Wildman–Crippen MR) is 93.2 cm³/mol. The number of likely N-dealkylation sites (tertiary alicyclic amines) is 1. The van der Waals surface area contributed by atoms with Crippen molar-refractivity contribution in [1.29, 1.82) is 0 Å². The van der Waals surface area contributed by atoms with E-state index in [0.29, 0.717) is 30.3 Å². The first-order valence-corrected chi connectivity index (χ1v) is 8.34. The highest BCUT2D eigenvalue weighted by Gasteiger charge is 2.21. The molecule has 0 radical (unpaired) electrons. The van der Waals surface area contributed by atoms with Gasteiger partial charge in [0.05, 0.1) is 13.7 Å². The van der Waals surface area contributed by atoms with Crippen LogP contribution in [0.5, 0.6) is 5.75 Å². The maximum Gasteiger partial charge on any atom is 0.251 e. The summed E-state index contributed by atoms with van der Waals surface area (Å²) >= 11 is 0. The Kier molecular flexibility index (Phi) is 6.61. The van der Waals surface area contributed by atoms with Crippen molar-refractivity contribution in [2.24, 2.45) is 5.92 Å². The number of amides is 2. The molecule has 2 rings (SSSR count). The minimum atomic E-state index is -0.0703. The van der Waals surface area contributed by atoms with Gasteiger partial charge in [0.1, 0.15) is 5.75 Å². The lowest BCUT2D eigenvalue weighted by molar-refractivity contribution is -0.130. The third kappa shape index (κ3) is 5.23. The molecule has 1 aliphatic heterocycles. The summed E-state index contributed by atoms with van der Waals surface area (Å²) in [7, 11) is 5.15. The van der Waals surface area contributed by atoms with Gasteiger partial charge in [0.25, 0.3) is 5.91 Å². The first-order valence-electron chi connectivity index (χ1n) is 8.34. The van der Waals surface area contributed by atoms with Gasteiger partial charge in [0.15, 0.2) is 0 Å². The Morgan fingerprint density at radius 2 is 2.00 bits per heavy atom. The van der Waals surface area contributed by atoms with Gasteiger partial charge in [-0.05, 0) is 50.0 Å². The third-order valence-electron chi connectivity index (χ3n) is 4.45. The fraction of sp³-hybridized carbons (Fsp3) is 0.556. The smallest absolute Gasteiger partial charge is 0.251 e. The van der Waals surface area contributed by atoms with Crippen molar-refractivity contribution < 1.29 is 14.3 Å². The number of carbonyl (C=O) groups is 2. The van der Waals surface area contributed by atoms with Crippen LogP contribution < -0.4 is 10.1 Å². The summed E-state index contributed by atoms with van der Waals surface area (Å²) in [6.07, 6.45) is 2.00. The van der Waals surface area contributed by atoms with Crippen molar-refractivity contribution in [2.45, 2.75) is 12.8 Å². The SMILES string of the molecule is COc1cccc(C(=O)NCC2CCN(CC(=O)N(C)C)CC2)c1. The fourth-order valence-electron chi connectivity index (χ4n) is 2.78. The molecule has 132 valence electrons. The summed E-state index contributed by atoms with van der Waals surface area (Å²) < 4.78 is 5.14. The molecular weight excluding hydrogens is 306 g/mol. The van der Waals surface area contributed by atoms with Gasteiger partial charge in [-0.1, -0.05) is 6.07 Å². The molecule has 1 saturated heterocycles. The second kappa shape index (κ2) is 8.68. The van der Waals surface area contributed by atoms with Crippen LogP contribution in [0.15, 0.2) is 24.3 Å². The summed E-state index contributed by atoms with van der Waals surface area (Å²) in [4.78, 5) is 27.8. The second-order valence-corrected chi connectivity index (χ2v) is 6.45. The van der Waals surface area contributed by atoms with Crippen LogP contribution in [0.2, 0.25) is 0 Å². The van der Waals surface area contributed by atoms with Gasteiger partial charge in [-0.3, -0.25) is 14.5 Å². The molecule has 2 amide bonds. The zero-order chi connectivity index (χ0) is 17.5. The van der Waals surface area contributed by atoms with E-state index in [2.05, 4.69) is 10.2 Å². The van der Waals surface area contributed by atoms with Crippen molar-refractivity contribution in [2.75, 3.05) is 47.4 Å². The van der Waals surface area contributed by atoms with Crippen LogP contribution in [0, 0.1) is 5.92 Å². The van der Waals surface area contributed by atoms with Gasteiger partial charge in [0.2, 0.25) is 5.91 Å². The van der Waals surface area contributed by atoms with E-state index < -0.39 is 0 Å². The molecule has 1 aromatic rings. The largest absolute Gasteiger partial charge is 0.497 e. The number of methoxy groups -OCH3 is 1. The molecule has 0 saturated carbocycles. The Hall–Kier alpha value is -2.08. The molecular formula is C18H27N3O3. The molecule has 24 heavy (non-hydrogen) atoms. The highest BCUT2D eigenvalue weighted by Crippen LogP contribution is 2.17. The van der Waals surface area contributed by atoms with Crippen LogP contribution in [-0.4, -0.2) is 69.0 Å². The van der Waals surface area contributed by atoms with Gasteiger partial charge >= 0.3 is 0 Å². The summed E-state index contributed by atoms with van der Waals surface area (Å²) in [5.41, 5.74) is 0.614. The third-order valence-corrected chi connectivity index (χ3v) is 4.45. The molecule has 0 aliphatic carbocycles. The number of ether oxygens (including phenoxy) is 1. The van der Waals surface area contributed by atoms with E-state index in [1.807, 2.05) is 12.1 Å². The van der Waals surface area contributed by atoms with E-state index in [1.54, 1.807) is 38.2 Å².